The molecule has 2 aromatic rings. The number of hydrogen-bond donors (Lipinski definition) is 7. The monoisotopic (exact) mass is 518 g/mol. The zero-order valence-electron chi connectivity index (χ0n) is 20.1. The molecule has 0 aliphatic carbocycles. The Hall–Kier alpha value is -4.79. The number of carbonyl (C=O) groups excluding carboxylic acids is 2. The first-order chi connectivity index (χ1) is 17.6. The smallest absolute Gasteiger partial charge is 0.337 e. The van der Waals surface area contributed by atoms with Gasteiger partial charge in [0.05, 0.1) is 31.5 Å². The van der Waals surface area contributed by atoms with Crippen molar-refractivity contribution in [2.75, 3.05) is 20.3 Å². The molecule has 0 bridgehead atoms. The first-order valence-corrected chi connectivity index (χ1v) is 10.9. The molecule has 2 heterocycles. The molecule has 0 unspecified atom stereocenters. The van der Waals surface area contributed by atoms with Crippen LogP contribution in [0.25, 0.3) is 0 Å². The van der Waals surface area contributed by atoms with E-state index in [9.17, 15) is 29.4 Å². The van der Waals surface area contributed by atoms with Gasteiger partial charge in [-0.3, -0.25) is 20.2 Å². The van der Waals surface area contributed by atoms with E-state index in [1.165, 1.54) is 7.11 Å². The van der Waals surface area contributed by atoms with Gasteiger partial charge in [-0.05, 0) is 31.5 Å². The lowest BCUT2D eigenvalue weighted by Crippen LogP contribution is -2.45. The summed E-state index contributed by atoms with van der Waals surface area (Å²) in [5, 5.41) is 28.6. The fourth-order valence-corrected chi connectivity index (χ4v) is 3.41. The summed E-state index contributed by atoms with van der Waals surface area (Å²) in [6.45, 7) is 3.32. The number of ether oxygens (including phenoxy) is 3. The second kappa shape index (κ2) is 11.8. The Bertz CT molecular complexity index is 1350. The van der Waals surface area contributed by atoms with Gasteiger partial charge in [0, 0.05) is 5.70 Å². The first kappa shape index (κ1) is 26.8. The van der Waals surface area contributed by atoms with Gasteiger partial charge in [-0.15, -0.1) is 0 Å². The van der Waals surface area contributed by atoms with Gasteiger partial charge in [0.2, 0.25) is 5.88 Å². The summed E-state index contributed by atoms with van der Waals surface area (Å²) in [6.07, 6.45) is -0.426. The Morgan fingerprint density at radius 3 is 2.65 bits per heavy atom. The van der Waals surface area contributed by atoms with Crippen LogP contribution in [-0.2, 0) is 9.53 Å². The third-order valence-corrected chi connectivity index (χ3v) is 5.05. The second-order valence-corrected chi connectivity index (χ2v) is 7.59. The predicted molar refractivity (Wildman–Crippen MR) is 128 cm³/mol. The van der Waals surface area contributed by atoms with Crippen LogP contribution in [0.15, 0.2) is 44.2 Å². The third-order valence-electron chi connectivity index (χ3n) is 5.05. The number of nitrogens with zero attached hydrogens (tertiary/aromatic N) is 1. The fourth-order valence-electron chi connectivity index (χ4n) is 3.41. The van der Waals surface area contributed by atoms with Gasteiger partial charge < -0.3 is 35.1 Å². The number of aromatic hydroxyl groups is 1. The van der Waals surface area contributed by atoms with Crippen LogP contribution in [0.2, 0.25) is 0 Å². The lowest BCUT2D eigenvalue weighted by molar-refractivity contribution is -0.136. The first-order valence-electron chi connectivity index (χ1n) is 10.9. The van der Waals surface area contributed by atoms with Crippen molar-refractivity contribution in [3.8, 4) is 17.4 Å². The van der Waals surface area contributed by atoms with Crippen LogP contribution in [0, 0.1) is 0 Å². The van der Waals surface area contributed by atoms with Crippen molar-refractivity contribution in [1.82, 2.24) is 26.0 Å². The summed E-state index contributed by atoms with van der Waals surface area (Å²) in [4.78, 5) is 51.1. The van der Waals surface area contributed by atoms with E-state index >= 15 is 0 Å². The van der Waals surface area contributed by atoms with E-state index in [4.69, 9.17) is 14.2 Å². The number of esters is 1. The minimum atomic E-state index is -1.34. The van der Waals surface area contributed by atoms with Crippen LogP contribution in [0.1, 0.15) is 31.0 Å². The van der Waals surface area contributed by atoms with E-state index in [1.807, 2.05) is 9.97 Å². The molecule has 198 valence electrons. The number of hydrogen-bond acceptors (Lipinski definition) is 11. The van der Waals surface area contributed by atoms with Gasteiger partial charge >= 0.3 is 17.7 Å². The molecular weight excluding hydrogens is 492 g/mol. The molecule has 0 radical (unpaired) electrons. The van der Waals surface area contributed by atoms with Gasteiger partial charge in [-0.1, -0.05) is 6.07 Å². The van der Waals surface area contributed by atoms with Crippen LogP contribution in [0.3, 0.4) is 0 Å². The number of benzene rings is 1. The molecule has 0 saturated heterocycles. The van der Waals surface area contributed by atoms with E-state index in [0.29, 0.717) is 11.3 Å². The summed E-state index contributed by atoms with van der Waals surface area (Å²) in [5.41, 5.74) is 1.34. The Labute approximate surface area is 209 Å². The third kappa shape index (κ3) is 6.46. The molecule has 0 spiro atoms. The Kier molecular flexibility index (Phi) is 8.52. The molecule has 15 nitrogen and oxygen atoms in total. The number of H-pyrrole nitrogens is 2. The minimum absolute atomic E-state index is 0.225. The standard InChI is InChI=1S/C22H26N6O9/c1-4-36-14-7-11(17-16(20(32)35-3)10(2)24-21(33)25-17)5-6-13(14)37-9-15(29)28-23-8-12-18(30)26-22(34)27-19(12)31/h5-8,15,17,28-29H,4,9H2,1-3H3,(H2,24,25,33)(H3,26,27,30,31,34)/b23-8+/t15-,17+/m1/s1. The average molecular weight is 518 g/mol. The van der Waals surface area contributed by atoms with Gasteiger partial charge in [-0.25, -0.2) is 14.4 Å². The van der Waals surface area contributed by atoms with Crippen molar-refractivity contribution >= 4 is 18.2 Å². The molecule has 1 aliphatic heterocycles. The maximum atomic E-state index is 12.3. The maximum Gasteiger partial charge on any atom is 0.337 e. The highest BCUT2D eigenvalue weighted by Gasteiger charge is 2.32. The molecule has 2 amide bonds. The number of nitrogens with one attached hydrogen (secondary N) is 5. The van der Waals surface area contributed by atoms with Crippen LogP contribution in [-0.4, -0.2) is 64.9 Å². The molecule has 1 aliphatic rings. The molecule has 3 rings (SSSR count). The van der Waals surface area contributed by atoms with Crippen molar-refractivity contribution in [2.24, 2.45) is 5.10 Å². The maximum absolute atomic E-state index is 12.3. The number of allylic oxidation sites excluding steroid dienone is 1. The fraction of sp³-hybridized carbons (Fsp3) is 0.318. The predicted octanol–water partition coefficient (Wildman–Crippen LogP) is -0.711. The molecule has 1 aromatic heterocycles. The molecular formula is C22H26N6O9. The van der Waals surface area contributed by atoms with Crippen molar-refractivity contribution in [3.05, 3.63) is 61.4 Å². The van der Waals surface area contributed by atoms with E-state index in [1.54, 1.807) is 32.0 Å². The Morgan fingerprint density at radius 2 is 1.97 bits per heavy atom. The van der Waals surface area contributed by atoms with Gasteiger partial charge in [0.25, 0.3) is 5.56 Å². The molecule has 37 heavy (non-hydrogen) atoms. The number of aromatic nitrogens is 2. The molecule has 2 atom stereocenters. The van der Waals surface area contributed by atoms with Crippen molar-refractivity contribution in [3.63, 3.8) is 0 Å². The van der Waals surface area contributed by atoms with E-state index < -0.39 is 41.4 Å². The van der Waals surface area contributed by atoms with Gasteiger partial charge in [-0.2, -0.15) is 5.10 Å². The number of amides is 2. The summed E-state index contributed by atoms with van der Waals surface area (Å²) in [5.74, 6) is -0.752. The van der Waals surface area contributed by atoms with Gasteiger partial charge in [0.1, 0.15) is 12.2 Å². The van der Waals surface area contributed by atoms with Gasteiger partial charge in [0.15, 0.2) is 17.7 Å². The SMILES string of the molecule is CCOc1cc([C@@H]2NC(=O)NC(C)=C2C(=O)OC)ccc1OC[C@@H](O)N/N=C/c1c(O)[nH]c(=O)[nH]c1=O. The number of aliphatic hydroxyl groups excluding tert-OH is 1. The van der Waals surface area contributed by atoms with E-state index in [2.05, 4.69) is 21.2 Å². The second-order valence-electron chi connectivity index (χ2n) is 7.59. The quantitative estimate of drug-likeness (QED) is 0.0907. The van der Waals surface area contributed by atoms with Crippen LogP contribution >= 0.6 is 0 Å². The lowest BCUT2D eigenvalue weighted by Gasteiger charge is -2.28. The largest absolute Gasteiger partial charge is 0.494 e. The highest BCUT2D eigenvalue weighted by atomic mass is 16.5. The molecule has 15 heteroatoms. The number of methoxy groups -OCH3 is 1. The number of aromatic amines is 2. The summed E-state index contributed by atoms with van der Waals surface area (Å²) >= 11 is 0. The van der Waals surface area contributed by atoms with Crippen LogP contribution in [0.4, 0.5) is 4.79 Å². The summed E-state index contributed by atoms with van der Waals surface area (Å²) in [7, 11) is 1.24. The normalized spacial score (nSPS) is 16.1. The molecule has 1 aromatic carbocycles. The number of aliphatic hydroxyl groups is 1. The summed E-state index contributed by atoms with van der Waals surface area (Å²) < 4.78 is 16.1. The van der Waals surface area contributed by atoms with Crippen LogP contribution in [0.5, 0.6) is 17.4 Å². The zero-order chi connectivity index (χ0) is 27.1. The summed E-state index contributed by atoms with van der Waals surface area (Å²) in [6, 6.07) is 3.47. The number of carbonyl (C=O) groups is 2. The highest BCUT2D eigenvalue weighted by Crippen LogP contribution is 2.34. The van der Waals surface area contributed by atoms with Crippen LogP contribution < -0.4 is 36.8 Å². The van der Waals surface area contributed by atoms with Crippen molar-refractivity contribution in [1.29, 1.82) is 0 Å². The van der Waals surface area contributed by atoms with Crippen molar-refractivity contribution in [2.45, 2.75) is 26.1 Å². The molecule has 0 saturated carbocycles. The topological polar surface area (TPSA) is 216 Å². The van der Waals surface area contributed by atoms with Crippen molar-refractivity contribution < 1.29 is 34.0 Å². The minimum Gasteiger partial charge on any atom is -0.494 e. The Balaban J connectivity index is 1.73. The van der Waals surface area contributed by atoms with E-state index in [-0.39, 0.29) is 35.8 Å². The zero-order valence-corrected chi connectivity index (χ0v) is 20.1. The average Bonchev–Trinajstić information content (AvgIpc) is 2.84. The Morgan fingerprint density at radius 1 is 1.22 bits per heavy atom. The molecule has 7 N–H and O–H groups in total. The highest BCUT2D eigenvalue weighted by molar-refractivity contribution is 5.95. The number of hydrazone groups is 1. The van der Waals surface area contributed by atoms with E-state index in [0.717, 1.165) is 6.21 Å². The molecule has 0 fully saturated rings. The number of rotatable bonds is 10. The number of urea groups is 1. The lowest BCUT2D eigenvalue weighted by atomic mass is 9.95.